The van der Waals surface area contributed by atoms with Gasteiger partial charge in [0.15, 0.2) is 11.5 Å². The Labute approximate surface area is 209 Å². The van der Waals surface area contributed by atoms with E-state index in [9.17, 15) is 0 Å². The van der Waals surface area contributed by atoms with Crippen molar-refractivity contribution in [2.24, 2.45) is 5.10 Å². The van der Waals surface area contributed by atoms with Crippen LogP contribution in [-0.4, -0.2) is 38.9 Å². The SMILES string of the molecule is [CH2-]CN(C[CH2-])c1cc(N/N=C/c2cccc(Cl)c2)nc2cc(-c3ccncc3)nn12.[U+2]. The van der Waals surface area contributed by atoms with Gasteiger partial charge in [0.05, 0.1) is 11.9 Å². The number of hydrogen-bond acceptors (Lipinski definition) is 6. The standard InChI is InChI=1S/C22H20ClN7.U/c1-3-29(4-2)22-14-20(27-25-15-16-6-5-7-18(23)12-16)26-21-13-19(28-30(21)22)17-8-10-24-11-9-17;/h5-15H,1-4H2,(H,26,27);/q-2;+2/b25-15+;. The summed E-state index contributed by atoms with van der Waals surface area (Å²) in [7, 11) is 0. The van der Waals surface area contributed by atoms with E-state index in [1.165, 1.54) is 0 Å². The monoisotopic (exact) mass is 655 g/mol. The van der Waals surface area contributed by atoms with Gasteiger partial charge in [0.2, 0.25) is 0 Å². The van der Waals surface area contributed by atoms with Gasteiger partial charge in [-0.05, 0) is 29.8 Å². The van der Waals surface area contributed by atoms with Crippen LogP contribution < -0.4 is 10.3 Å². The fraction of sp³-hybridized carbons (Fsp3) is 0.0909. The largest absolute Gasteiger partial charge is 2.00 e. The number of fused-ring (bicyclic) bond motifs is 1. The first kappa shape index (κ1) is 23.3. The van der Waals surface area contributed by atoms with Crippen LogP contribution >= 0.6 is 11.6 Å². The van der Waals surface area contributed by atoms with Crippen molar-refractivity contribution >= 4 is 35.1 Å². The van der Waals surface area contributed by atoms with Gasteiger partial charge in [0.25, 0.3) is 0 Å². The Kier molecular flexibility index (Phi) is 8.08. The molecule has 0 aliphatic heterocycles. The molecule has 0 saturated heterocycles. The minimum absolute atomic E-state index is 0. The average molecular weight is 656 g/mol. The van der Waals surface area contributed by atoms with Crippen molar-refractivity contribution in [3.8, 4) is 11.3 Å². The molecular formula is C22H20ClN7U. The third kappa shape index (κ3) is 5.45. The van der Waals surface area contributed by atoms with Crippen LogP contribution in [0.5, 0.6) is 0 Å². The maximum absolute atomic E-state index is 6.02. The molecule has 3 aromatic heterocycles. The predicted octanol–water partition coefficient (Wildman–Crippen LogP) is 4.37. The molecule has 0 atom stereocenters. The van der Waals surface area contributed by atoms with Gasteiger partial charge in [-0.15, -0.1) is 13.1 Å². The number of aromatic nitrogens is 4. The van der Waals surface area contributed by atoms with E-state index in [2.05, 4.69) is 34.3 Å². The second-order valence-corrected chi connectivity index (χ2v) is 6.88. The fourth-order valence-electron chi connectivity index (χ4n) is 3.01. The maximum Gasteiger partial charge on any atom is 2.00 e. The first-order valence-electron chi connectivity index (χ1n) is 9.37. The second-order valence-electron chi connectivity index (χ2n) is 6.45. The van der Waals surface area contributed by atoms with Crippen LogP contribution in [0.1, 0.15) is 5.56 Å². The number of nitrogens with zero attached hydrogens (tertiary/aromatic N) is 6. The molecule has 0 fully saturated rings. The fourth-order valence-corrected chi connectivity index (χ4v) is 3.20. The molecule has 9 heteroatoms. The normalized spacial score (nSPS) is 10.9. The van der Waals surface area contributed by atoms with Crippen molar-refractivity contribution in [2.75, 3.05) is 23.4 Å². The molecule has 154 valence electrons. The van der Waals surface area contributed by atoms with E-state index < -0.39 is 0 Å². The van der Waals surface area contributed by atoms with Gasteiger partial charge in [0.1, 0.15) is 5.82 Å². The molecule has 0 amide bonds. The molecular weight excluding hydrogens is 636 g/mol. The Balaban J connectivity index is 0.00000272. The molecule has 4 aromatic rings. The minimum Gasteiger partial charge on any atom is -0.416 e. The van der Waals surface area contributed by atoms with Crippen LogP contribution in [0.3, 0.4) is 0 Å². The zero-order chi connectivity index (χ0) is 20.9. The summed E-state index contributed by atoms with van der Waals surface area (Å²) in [6, 6.07) is 15.1. The Hall–Kier alpha value is -2.40. The number of rotatable bonds is 7. The van der Waals surface area contributed by atoms with Gasteiger partial charge in [-0.2, -0.15) is 14.7 Å². The number of pyridine rings is 1. The number of nitrogens with one attached hydrogen (secondary N) is 1. The van der Waals surface area contributed by atoms with Crippen LogP contribution in [0, 0.1) is 45.0 Å². The summed E-state index contributed by atoms with van der Waals surface area (Å²) in [4.78, 5) is 10.7. The minimum atomic E-state index is 0. The van der Waals surface area contributed by atoms with Gasteiger partial charge in [0, 0.05) is 35.1 Å². The molecule has 0 aliphatic rings. The number of halogens is 1. The van der Waals surface area contributed by atoms with Gasteiger partial charge in [-0.25, -0.2) is 4.98 Å². The molecule has 7 nitrogen and oxygen atoms in total. The summed E-state index contributed by atoms with van der Waals surface area (Å²) in [5, 5.41) is 9.68. The molecule has 0 aliphatic carbocycles. The van der Waals surface area contributed by atoms with Crippen molar-refractivity contribution in [2.45, 2.75) is 0 Å². The quantitative estimate of drug-likeness (QED) is 0.182. The van der Waals surface area contributed by atoms with E-state index in [-0.39, 0.29) is 31.1 Å². The van der Waals surface area contributed by atoms with E-state index in [4.69, 9.17) is 16.7 Å². The summed E-state index contributed by atoms with van der Waals surface area (Å²) in [5.74, 6) is 1.41. The number of hydrogen-bond donors (Lipinski definition) is 1. The zero-order valence-corrected chi connectivity index (χ0v) is 21.7. The van der Waals surface area contributed by atoms with E-state index >= 15 is 0 Å². The molecule has 1 N–H and O–H groups in total. The number of hydrazone groups is 1. The van der Waals surface area contributed by atoms with Crippen molar-refractivity contribution < 1.29 is 31.1 Å². The molecule has 3 heterocycles. The maximum atomic E-state index is 6.02. The first-order chi connectivity index (χ1) is 14.7. The molecule has 0 radical (unpaired) electrons. The van der Waals surface area contributed by atoms with E-state index in [0.29, 0.717) is 29.6 Å². The Bertz CT molecular complexity index is 1170. The third-order valence-corrected chi connectivity index (χ3v) is 4.72. The molecule has 1 aromatic carbocycles. The molecule has 31 heavy (non-hydrogen) atoms. The average Bonchev–Trinajstić information content (AvgIpc) is 3.20. The van der Waals surface area contributed by atoms with Gasteiger partial charge in [-0.1, -0.05) is 23.7 Å². The van der Waals surface area contributed by atoms with Gasteiger partial charge in [-0.3, -0.25) is 10.4 Å². The van der Waals surface area contributed by atoms with Crippen LogP contribution in [0.15, 0.2) is 66.0 Å². The molecule has 0 saturated carbocycles. The molecule has 4 rings (SSSR count). The van der Waals surface area contributed by atoms with Crippen molar-refractivity contribution in [3.63, 3.8) is 0 Å². The predicted molar refractivity (Wildman–Crippen MR) is 122 cm³/mol. The van der Waals surface area contributed by atoms with Crippen LogP contribution in [0.4, 0.5) is 11.6 Å². The van der Waals surface area contributed by atoms with E-state index in [1.807, 2.05) is 53.4 Å². The van der Waals surface area contributed by atoms with Crippen molar-refractivity contribution in [1.29, 1.82) is 0 Å². The second kappa shape index (κ2) is 10.8. The van der Waals surface area contributed by atoms with Gasteiger partial charge >= 0.3 is 31.1 Å². The van der Waals surface area contributed by atoms with E-state index in [1.54, 1.807) is 23.1 Å². The Morgan fingerprint density at radius 1 is 1.10 bits per heavy atom. The zero-order valence-electron chi connectivity index (χ0n) is 16.7. The molecule has 0 spiro atoms. The van der Waals surface area contributed by atoms with Crippen molar-refractivity contribution in [1.82, 2.24) is 19.6 Å². The third-order valence-electron chi connectivity index (χ3n) is 4.49. The van der Waals surface area contributed by atoms with Gasteiger partial charge < -0.3 is 18.7 Å². The molecule has 0 unspecified atom stereocenters. The summed E-state index contributed by atoms with van der Waals surface area (Å²) in [5.41, 5.74) is 6.34. The smallest absolute Gasteiger partial charge is 0.416 e. The van der Waals surface area contributed by atoms with Crippen LogP contribution in [0.2, 0.25) is 5.02 Å². The molecule has 0 bridgehead atoms. The Morgan fingerprint density at radius 2 is 1.87 bits per heavy atom. The van der Waals surface area contributed by atoms with E-state index in [0.717, 1.165) is 22.6 Å². The summed E-state index contributed by atoms with van der Waals surface area (Å²) < 4.78 is 1.79. The number of benzene rings is 1. The van der Waals surface area contributed by atoms with Crippen LogP contribution in [0.25, 0.3) is 16.9 Å². The summed E-state index contributed by atoms with van der Waals surface area (Å²) in [6.45, 7) is 9.08. The summed E-state index contributed by atoms with van der Waals surface area (Å²) >= 11 is 6.02. The summed E-state index contributed by atoms with van der Waals surface area (Å²) in [6.07, 6.45) is 5.17. The van der Waals surface area contributed by atoms with Crippen LogP contribution in [-0.2, 0) is 0 Å². The Morgan fingerprint density at radius 3 is 2.58 bits per heavy atom. The van der Waals surface area contributed by atoms with Crippen molar-refractivity contribution in [3.05, 3.63) is 85.4 Å². The topological polar surface area (TPSA) is 70.7 Å². The first-order valence-corrected chi connectivity index (χ1v) is 9.75. The number of anilines is 2.